The molecule has 0 aromatic heterocycles. The van der Waals surface area contributed by atoms with Crippen molar-refractivity contribution in [3.05, 3.63) is 29.3 Å². The highest BCUT2D eigenvalue weighted by Crippen LogP contribution is 2.13. The number of benzene rings is 1. The molecule has 0 atom stereocenters. The van der Waals surface area contributed by atoms with E-state index in [4.69, 9.17) is 11.6 Å². The molecule has 0 saturated heterocycles. The summed E-state index contributed by atoms with van der Waals surface area (Å²) in [5.41, 5.74) is 1.15. The molecular weight excluding hydrogens is 303 g/mol. The van der Waals surface area contributed by atoms with Crippen LogP contribution in [0.5, 0.6) is 0 Å². The van der Waals surface area contributed by atoms with Gasteiger partial charge in [-0.05, 0) is 43.7 Å². The minimum Gasteiger partial charge on any atom is -0.385 e. The maximum Gasteiger partial charge on any atom is 0.0407 e. The van der Waals surface area contributed by atoms with E-state index in [2.05, 4.69) is 24.5 Å². The van der Waals surface area contributed by atoms with Gasteiger partial charge >= 0.3 is 0 Å². The molecule has 5 heteroatoms. The Hall–Kier alpha value is -0.150. The summed E-state index contributed by atoms with van der Waals surface area (Å²) in [5, 5.41) is 7.61. The van der Waals surface area contributed by atoms with Crippen molar-refractivity contribution in [2.75, 3.05) is 18.4 Å². The molecule has 0 heterocycles. The van der Waals surface area contributed by atoms with Gasteiger partial charge in [0.2, 0.25) is 0 Å². The molecule has 0 unspecified atom stereocenters. The van der Waals surface area contributed by atoms with E-state index < -0.39 is 0 Å². The molecule has 0 radical (unpaired) electrons. The molecule has 0 fully saturated rings. The Balaban J connectivity index is 0. The lowest BCUT2D eigenvalue weighted by Gasteiger charge is -2.08. The van der Waals surface area contributed by atoms with Gasteiger partial charge in [-0.2, -0.15) is 0 Å². The summed E-state index contributed by atoms with van der Waals surface area (Å²) in [6.45, 7) is 6.52. The molecule has 0 saturated carbocycles. The lowest BCUT2D eigenvalue weighted by atomic mass is 10.2. The van der Waals surface area contributed by atoms with Crippen LogP contribution >= 0.6 is 36.4 Å². The number of rotatable bonds is 8. The van der Waals surface area contributed by atoms with E-state index in [1.54, 1.807) is 0 Å². The lowest BCUT2D eigenvalue weighted by molar-refractivity contribution is 0.552. The minimum atomic E-state index is 0. The first-order valence-electron chi connectivity index (χ1n) is 6.41. The predicted octanol–water partition coefficient (Wildman–Crippen LogP) is 4.76. The molecule has 19 heavy (non-hydrogen) atoms. The van der Waals surface area contributed by atoms with E-state index in [0.717, 1.165) is 23.8 Å². The Morgan fingerprint density at radius 1 is 0.947 bits per heavy atom. The van der Waals surface area contributed by atoms with E-state index >= 15 is 0 Å². The number of nitrogens with one attached hydrogen (secondary N) is 2. The molecule has 0 bridgehead atoms. The third-order valence-electron chi connectivity index (χ3n) is 2.58. The van der Waals surface area contributed by atoms with Crippen LogP contribution in [-0.2, 0) is 0 Å². The predicted molar refractivity (Wildman–Crippen MR) is 91.4 cm³/mol. The van der Waals surface area contributed by atoms with E-state index in [9.17, 15) is 0 Å². The highest BCUT2D eigenvalue weighted by molar-refractivity contribution is 6.30. The normalized spacial score (nSPS) is 9.68. The highest BCUT2D eigenvalue weighted by atomic mass is 35.5. The van der Waals surface area contributed by atoms with E-state index in [1.807, 2.05) is 24.3 Å². The van der Waals surface area contributed by atoms with Crippen molar-refractivity contribution in [1.82, 2.24) is 5.32 Å². The summed E-state index contributed by atoms with van der Waals surface area (Å²) in [7, 11) is 0. The molecule has 0 spiro atoms. The van der Waals surface area contributed by atoms with Gasteiger partial charge in [-0.15, -0.1) is 24.8 Å². The van der Waals surface area contributed by atoms with Crippen molar-refractivity contribution in [2.45, 2.75) is 39.2 Å². The van der Waals surface area contributed by atoms with Gasteiger partial charge < -0.3 is 10.6 Å². The SMILES string of the molecule is CC(C)NCCCCCNc1ccc(Cl)cc1.Cl.Cl. The summed E-state index contributed by atoms with van der Waals surface area (Å²) in [6, 6.07) is 8.46. The van der Waals surface area contributed by atoms with Crippen LogP contribution in [0.2, 0.25) is 5.02 Å². The number of anilines is 1. The van der Waals surface area contributed by atoms with Gasteiger partial charge in [0.1, 0.15) is 0 Å². The Morgan fingerprint density at radius 3 is 2.11 bits per heavy atom. The van der Waals surface area contributed by atoms with Crippen molar-refractivity contribution in [3.8, 4) is 0 Å². The van der Waals surface area contributed by atoms with Gasteiger partial charge in [0.15, 0.2) is 0 Å². The molecule has 1 rings (SSSR count). The van der Waals surface area contributed by atoms with Gasteiger partial charge in [0, 0.05) is 23.3 Å². The highest BCUT2D eigenvalue weighted by Gasteiger charge is 1.94. The summed E-state index contributed by atoms with van der Waals surface area (Å²) in [6.07, 6.45) is 3.73. The Kier molecular flexibility index (Phi) is 14.3. The zero-order chi connectivity index (χ0) is 12.5. The van der Waals surface area contributed by atoms with Crippen LogP contribution in [0.4, 0.5) is 5.69 Å². The van der Waals surface area contributed by atoms with Gasteiger partial charge in [0.05, 0.1) is 0 Å². The Labute approximate surface area is 134 Å². The van der Waals surface area contributed by atoms with Crippen LogP contribution in [0.3, 0.4) is 0 Å². The third-order valence-corrected chi connectivity index (χ3v) is 2.83. The van der Waals surface area contributed by atoms with Gasteiger partial charge in [-0.3, -0.25) is 0 Å². The first-order valence-corrected chi connectivity index (χ1v) is 6.79. The number of halogens is 3. The molecule has 1 aromatic carbocycles. The molecular formula is C14H25Cl3N2. The molecule has 2 N–H and O–H groups in total. The van der Waals surface area contributed by atoms with Crippen LogP contribution in [0, 0.1) is 0 Å². The van der Waals surface area contributed by atoms with Crippen molar-refractivity contribution < 1.29 is 0 Å². The fraction of sp³-hybridized carbons (Fsp3) is 0.571. The average Bonchev–Trinajstić information content (AvgIpc) is 2.30. The first-order chi connectivity index (χ1) is 8.18. The second-order valence-corrected chi connectivity index (χ2v) is 5.04. The molecule has 1 aromatic rings. The standard InChI is InChI=1S/C14H23ClN2.2ClH/c1-12(2)16-10-4-3-5-11-17-14-8-6-13(15)7-9-14;;/h6-9,12,16-17H,3-5,10-11H2,1-2H3;2*1H. The monoisotopic (exact) mass is 326 g/mol. The Bertz CT molecular complexity index is 302. The van der Waals surface area contributed by atoms with Crippen molar-refractivity contribution in [2.24, 2.45) is 0 Å². The van der Waals surface area contributed by atoms with Crippen molar-refractivity contribution >= 4 is 42.1 Å². The molecule has 0 aliphatic carbocycles. The smallest absolute Gasteiger partial charge is 0.0407 e. The largest absolute Gasteiger partial charge is 0.385 e. The zero-order valence-electron chi connectivity index (χ0n) is 11.6. The molecule has 2 nitrogen and oxygen atoms in total. The van der Waals surface area contributed by atoms with Crippen LogP contribution in [0.25, 0.3) is 0 Å². The molecule has 112 valence electrons. The first kappa shape index (κ1) is 21.2. The van der Waals surface area contributed by atoms with Gasteiger partial charge in [-0.25, -0.2) is 0 Å². The third kappa shape index (κ3) is 11.4. The van der Waals surface area contributed by atoms with Crippen molar-refractivity contribution in [3.63, 3.8) is 0 Å². The maximum absolute atomic E-state index is 5.82. The quantitative estimate of drug-likeness (QED) is 0.672. The minimum absolute atomic E-state index is 0. The van der Waals surface area contributed by atoms with Crippen molar-refractivity contribution in [1.29, 1.82) is 0 Å². The van der Waals surface area contributed by atoms with E-state index in [-0.39, 0.29) is 24.8 Å². The molecule has 0 amide bonds. The average molecular weight is 328 g/mol. The maximum atomic E-state index is 5.82. The zero-order valence-corrected chi connectivity index (χ0v) is 14.0. The fourth-order valence-electron chi connectivity index (χ4n) is 1.62. The fourth-order valence-corrected chi connectivity index (χ4v) is 1.74. The second kappa shape index (κ2) is 12.9. The summed E-state index contributed by atoms with van der Waals surface area (Å²) in [4.78, 5) is 0. The summed E-state index contributed by atoms with van der Waals surface area (Å²) in [5.74, 6) is 0. The molecule has 0 aliphatic heterocycles. The summed E-state index contributed by atoms with van der Waals surface area (Å²) >= 11 is 5.82. The van der Waals surface area contributed by atoms with E-state index in [1.165, 1.54) is 19.3 Å². The van der Waals surface area contributed by atoms with Crippen LogP contribution in [0.1, 0.15) is 33.1 Å². The van der Waals surface area contributed by atoms with Gasteiger partial charge in [0.25, 0.3) is 0 Å². The lowest BCUT2D eigenvalue weighted by Crippen LogP contribution is -2.23. The second-order valence-electron chi connectivity index (χ2n) is 4.60. The van der Waals surface area contributed by atoms with Crippen LogP contribution in [-0.4, -0.2) is 19.1 Å². The molecule has 0 aliphatic rings. The summed E-state index contributed by atoms with van der Waals surface area (Å²) < 4.78 is 0. The van der Waals surface area contributed by atoms with E-state index in [0.29, 0.717) is 6.04 Å². The van der Waals surface area contributed by atoms with Crippen LogP contribution in [0.15, 0.2) is 24.3 Å². The number of hydrogen-bond donors (Lipinski definition) is 2. The Morgan fingerprint density at radius 2 is 1.53 bits per heavy atom. The number of unbranched alkanes of at least 4 members (excludes halogenated alkanes) is 2. The topological polar surface area (TPSA) is 24.1 Å². The number of hydrogen-bond acceptors (Lipinski definition) is 2. The van der Waals surface area contributed by atoms with Gasteiger partial charge in [-0.1, -0.05) is 31.9 Å². The van der Waals surface area contributed by atoms with Crippen LogP contribution < -0.4 is 10.6 Å².